The van der Waals surface area contributed by atoms with Gasteiger partial charge in [0.15, 0.2) is 5.78 Å². The van der Waals surface area contributed by atoms with Crippen LogP contribution in [-0.4, -0.2) is 29.3 Å². The number of benzene rings is 1. The summed E-state index contributed by atoms with van der Waals surface area (Å²) < 4.78 is 1.66. The second kappa shape index (κ2) is 4.99. The van der Waals surface area contributed by atoms with Gasteiger partial charge in [0.2, 0.25) is 0 Å². The maximum absolute atomic E-state index is 11.8. The molecule has 0 bridgehead atoms. The average Bonchev–Trinajstić information content (AvgIpc) is 2.73. The molecule has 0 amide bonds. The number of fused-ring (bicyclic) bond motifs is 1. The Morgan fingerprint density at radius 3 is 2.63 bits per heavy atom. The molecule has 0 fully saturated rings. The Morgan fingerprint density at radius 1 is 1.37 bits per heavy atom. The molecule has 96 valence electrons. The number of hydrogen-bond donors (Lipinski definition) is 0. The van der Waals surface area contributed by atoms with Crippen LogP contribution < -0.4 is 0 Å². The zero-order valence-electron chi connectivity index (χ0n) is 11.2. The maximum Gasteiger partial charge on any atom is 0.178 e. The van der Waals surface area contributed by atoms with Crippen LogP contribution in [0.5, 0.6) is 0 Å². The van der Waals surface area contributed by atoms with Gasteiger partial charge in [-0.05, 0) is 0 Å². The van der Waals surface area contributed by atoms with E-state index in [2.05, 4.69) is 6.07 Å². The van der Waals surface area contributed by atoms with Gasteiger partial charge in [0.05, 0.1) is 0 Å². The molecular formula is C15H15N3O. The predicted molar refractivity (Wildman–Crippen MR) is 75.3 cm³/mol. The molecule has 0 unspecified atom stereocenters. The number of nitrogens with zero attached hydrogens (tertiary/aromatic N) is 3. The summed E-state index contributed by atoms with van der Waals surface area (Å²) in [6.45, 7) is 1.50. The molecule has 0 atom stereocenters. The Morgan fingerprint density at radius 2 is 2.05 bits per heavy atom. The van der Waals surface area contributed by atoms with Crippen molar-refractivity contribution < 1.29 is 4.79 Å². The summed E-state index contributed by atoms with van der Waals surface area (Å²) in [5, 5.41) is 11.2. The standard InChI is InChI=1S/C15H15N3O/c1-11(19)15(10-17(2)3)18-9-12-6-4-5-7-13(12)14(18)8-16/h4-7,9-10H,1-3H3/b15-10+. The van der Waals surface area contributed by atoms with E-state index >= 15 is 0 Å². The molecule has 0 aliphatic carbocycles. The Balaban J connectivity index is 2.74. The van der Waals surface area contributed by atoms with Crippen molar-refractivity contribution in [2.45, 2.75) is 6.92 Å². The van der Waals surface area contributed by atoms with Crippen molar-refractivity contribution >= 4 is 22.3 Å². The van der Waals surface area contributed by atoms with Gasteiger partial charge in [-0.25, -0.2) is 0 Å². The number of carbonyl (C=O) groups excluding carboxylic acids is 1. The summed E-state index contributed by atoms with van der Waals surface area (Å²) >= 11 is 0. The van der Waals surface area contributed by atoms with E-state index in [1.807, 2.05) is 44.6 Å². The SMILES string of the molecule is CC(=O)/C(=C\N(C)C)n1cc2ccccc2c1C#N. The van der Waals surface area contributed by atoms with E-state index < -0.39 is 0 Å². The topological polar surface area (TPSA) is 49.0 Å². The summed E-state index contributed by atoms with van der Waals surface area (Å²) in [6.07, 6.45) is 3.55. The number of rotatable bonds is 3. The fourth-order valence-corrected chi connectivity index (χ4v) is 2.03. The Hall–Kier alpha value is -2.54. The summed E-state index contributed by atoms with van der Waals surface area (Å²) in [5.74, 6) is -0.0782. The molecule has 4 nitrogen and oxygen atoms in total. The number of nitriles is 1. The largest absolute Gasteiger partial charge is 0.382 e. The lowest BCUT2D eigenvalue weighted by Gasteiger charge is -2.11. The minimum Gasteiger partial charge on any atom is -0.382 e. The van der Waals surface area contributed by atoms with Crippen molar-refractivity contribution in [3.8, 4) is 6.07 Å². The van der Waals surface area contributed by atoms with Gasteiger partial charge >= 0.3 is 0 Å². The Labute approximate surface area is 112 Å². The fourth-order valence-electron chi connectivity index (χ4n) is 2.03. The van der Waals surface area contributed by atoms with Crippen LogP contribution in [-0.2, 0) is 4.79 Å². The van der Waals surface area contributed by atoms with Gasteiger partial charge in [0, 0.05) is 44.2 Å². The van der Waals surface area contributed by atoms with Gasteiger partial charge < -0.3 is 9.47 Å². The highest BCUT2D eigenvalue weighted by molar-refractivity contribution is 6.14. The first kappa shape index (κ1) is 12.9. The second-order valence-electron chi connectivity index (χ2n) is 4.58. The van der Waals surface area contributed by atoms with Crippen LogP contribution in [0.1, 0.15) is 12.6 Å². The summed E-state index contributed by atoms with van der Waals surface area (Å²) in [7, 11) is 3.69. The number of aromatic nitrogens is 1. The van der Waals surface area contributed by atoms with Crippen LogP contribution in [0.3, 0.4) is 0 Å². The molecule has 0 spiro atoms. The van der Waals surface area contributed by atoms with E-state index in [9.17, 15) is 10.1 Å². The monoisotopic (exact) mass is 253 g/mol. The lowest BCUT2D eigenvalue weighted by molar-refractivity contribution is -0.112. The molecule has 4 heteroatoms. The van der Waals surface area contributed by atoms with Gasteiger partial charge in [-0.15, -0.1) is 0 Å². The average molecular weight is 253 g/mol. The quantitative estimate of drug-likeness (QED) is 0.789. The Bertz CT molecular complexity index is 702. The zero-order valence-corrected chi connectivity index (χ0v) is 11.2. The third kappa shape index (κ3) is 2.36. The molecular weight excluding hydrogens is 238 g/mol. The van der Waals surface area contributed by atoms with Crippen molar-refractivity contribution in [2.24, 2.45) is 0 Å². The van der Waals surface area contributed by atoms with Crippen LogP contribution in [0.2, 0.25) is 0 Å². The van der Waals surface area contributed by atoms with Gasteiger partial charge in [-0.3, -0.25) is 4.79 Å². The third-order valence-corrected chi connectivity index (χ3v) is 2.83. The first-order valence-electron chi connectivity index (χ1n) is 5.94. The molecule has 1 heterocycles. The van der Waals surface area contributed by atoms with E-state index in [0.29, 0.717) is 11.4 Å². The maximum atomic E-state index is 11.8. The van der Waals surface area contributed by atoms with E-state index in [0.717, 1.165) is 10.8 Å². The lowest BCUT2D eigenvalue weighted by atomic mass is 10.2. The minimum absolute atomic E-state index is 0.0782. The highest BCUT2D eigenvalue weighted by atomic mass is 16.1. The van der Waals surface area contributed by atoms with E-state index in [4.69, 9.17) is 0 Å². The molecule has 2 rings (SSSR count). The molecule has 2 aromatic rings. The third-order valence-electron chi connectivity index (χ3n) is 2.83. The lowest BCUT2D eigenvalue weighted by Crippen LogP contribution is -2.12. The molecule has 0 N–H and O–H groups in total. The van der Waals surface area contributed by atoms with Crippen LogP contribution in [0, 0.1) is 11.3 Å². The van der Waals surface area contributed by atoms with Gasteiger partial charge in [-0.2, -0.15) is 5.26 Å². The molecule has 0 aliphatic heterocycles. The van der Waals surface area contributed by atoms with Crippen molar-refractivity contribution in [2.75, 3.05) is 14.1 Å². The summed E-state index contributed by atoms with van der Waals surface area (Å²) in [4.78, 5) is 13.6. The van der Waals surface area contributed by atoms with Crippen LogP contribution in [0.15, 0.2) is 36.7 Å². The molecule has 0 saturated heterocycles. The first-order chi connectivity index (χ1) is 9.04. The van der Waals surface area contributed by atoms with E-state index in [1.165, 1.54) is 6.92 Å². The zero-order chi connectivity index (χ0) is 14.0. The first-order valence-corrected chi connectivity index (χ1v) is 5.94. The molecule has 0 saturated carbocycles. The van der Waals surface area contributed by atoms with Gasteiger partial charge in [0.25, 0.3) is 0 Å². The number of allylic oxidation sites excluding steroid dienone is 1. The molecule has 1 aromatic heterocycles. The molecule has 1 aromatic carbocycles. The van der Waals surface area contributed by atoms with Gasteiger partial charge in [0.1, 0.15) is 17.5 Å². The summed E-state index contributed by atoms with van der Waals surface area (Å²) in [6, 6.07) is 9.80. The smallest absolute Gasteiger partial charge is 0.178 e. The molecule has 0 aliphatic rings. The highest BCUT2D eigenvalue weighted by Gasteiger charge is 2.15. The second-order valence-corrected chi connectivity index (χ2v) is 4.58. The predicted octanol–water partition coefficient (Wildman–Crippen LogP) is 2.46. The minimum atomic E-state index is -0.0782. The van der Waals surface area contributed by atoms with Crippen LogP contribution >= 0.6 is 0 Å². The van der Waals surface area contributed by atoms with Crippen LogP contribution in [0.25, 0.3) is 16.5 Å². The molecule has 0 radical (unpaired) electrons. The normalized spacial score (nSPS) is 11.4. The number of hydrogen-bond acceptors (Lipinski definition) is 3. The highest BCUT2D eigenvalue weighted by Crippen LogP contribution is 2.24. The van der Waals surface area contributed by atoms with Crippen molar-refractivity contribution in [3.63, 3.8) is 0 Å². The molecule has 19 heavy (non-hydrogen) atoms. The summed E-state index contributed by atoms with van der Waals surface area (Å²) in [5.41, 5.74) is 0.969. The van der Waals surface area contributed by atoms with E-state index in [-0.39, 0.29) is 5.78 Å². The fraction of sp³-hybridized carbons (Fsp3) is 0.200. The number of ketones is 1. The van der Waals surface area contributed by atoms with Crippen molar-refractivity contribution in [3.05, 3.63) is 42.4 Å². The van der Waals surface area contributed by atoms with Crippen molar-refractivity contribution in [1.82, 2.24) is 9.47 Å². The van der Waals surface area contributed by atoms with Crippen LogP contribution in [0.4, 0.5) is 0 Å². The van der Waals surface area contributed by atoms with E-state index in [1.54, 1.807) is 15.7 Å². The Kier molecular flexibility index (Phi) is 3.39. The van der Waals surface area contributed by atoms with Gasteiger partial charge in [-0.1, -0.05) is 24.3 Å². The number of carbonyl (C=O) groups is 1. The number of Topliss-reactive ketones (excluding diaryl/α,β-unsaturated/α-hetero) is 1. The van der Waals surface area contributed by atoms with Crippen molar-refractivity contribution in [1.29, 1.82) is 5.26 Å².